The van der Waals surface area contributed by atoms with Crippen molar-refractivity contribution in [3.05, 3.63) is 114 Å². The minimum Gasteiger partial charge on any atom is -0.834 e. The van der Waals surface area contributed by atoms with Crippen LogP contribution in [-0.2, 0) is 15.1 Å². The Morgan fingerprint density at radius 1 is 0.970 bits per heavy atom. The number of benzene rings is 3. The number of rotatable bonds is 8. The molecule has 0 amide bonds. The predicted octanol–water partition coefficient (Wildman–Crippen LogP) is 4.16. The Morgan fingerprint density at radius 3 is 2.09 bits per heavy atom. The average Bonchev–Trinajstić information content (AvgIpc) is 3.23. The first-order valence-electron chi connectivity index (χ1n) is 11.6. The Kier molecular flexibility index (Phi) is 7.07. The van der Waals surface area contributed by atoms with Crippen molar-refractivity contribution in [3.63, 3.8) is 0 Å². The van der Waals surface area contributed by atoms with E-state index in [-0.39, 0.29) is 12.6 Å². The number of quaternary nitrogens is 1. The van der Waals surface area contributed by atoms with Crippen LogP contribution in [-0.4, -0.2) is 43.2 Å². The molecule has 170 valence electrons. The Hall–Kier alpha value is -3.21. The third-order valence-corrected chi connectivity index (χ3v) is 6.78. The van der Waals surface area contributed by atoms with Crippen molar-refractivity contribution in [2.75, 3.05) is 26.7 Å². The molecule has 1 fully saturated rings. The molecule has 3 aromatic carbocycles. The second kappa shape index (κ2) is 10.2. The topological polar surface area (TPSA) is 49.4 Å². The first kappa shape index (κ1) is 23.0. The van der Waals surface area contributed by atoms with E-state index in [9.17, 15) is 9.90 Å². The number of likely N-dealkylation sites (N-methyl/N-ethyl adjacent to an activating group) is 1. The van der Waals surface area contributed by atoms with Gasteiger partial charge in [0, 0.05) is 18.4 Å². The smallest absolute Gasteiger partial charge is 0.304 e. The van der Waals surface area contributed by atoms with E-state index in [0.29, 0.717) is 11.1 Å². The summed E-state index contributed by atoms with van der Waals surface area (Å²) in [4.78, 5) is 13.3. The number of carbonyl (C=O) groups is 1. The first-order valence-corrected chi connectivity index (χ1v) is 11.6. The van der Waals surface area contributed by atoms with Crippen molar-refractivity contribution >= 4 is 12.0 Å². The van der Waals surface area contributed by atoms with Crippen molar-refractivity contribution in [3.8, 4) is 0 Å². The molecule has 4 nitrogen and oxygen atoms in total. The van der Waals surface area contributed by atoms with Crippen LogP contribution in [0, 0.1) is 0 Å². The van der Waals surface area contributed by atoms with Gasteiger partial charge in [-0.2, -0.15) is 0 Å². The Labute approximate surface area is 196 Å². The highest BCUT2D eigenvalue weighted by Gasteiger charge is 2.39. The van der Waals surface area contributed by atoms with Crippen LogP contribution < -0.4 is 5.11 Å². The zero-order valence-electron chi connectivity index (χ0n) is 19.1. The van der Waals surface area contributed by atoms with Gasteiger partial charge in [-0.3, -0.25) is 4.79 Å². The van der Waals surface area contributed by atoms with Crippen molar-refractivity contribution < 1.29 is 19.1 Å². The minimum absolute atomic E-state index is 0.171. The third-order valence-electron chi connectivity index (χ3n) is 6.78. The molecule has 0 aromatic heterocycles. The molecular formula is C29H31NO3. The van der Waals surface area contributed by atoms with Crippen molar-refractivity contribution in [2.24, 2.45) is 0 Å². The second-order valence-corrected chi connectivity index (χ2v) is 9.01. The average molecular weight is 442 g/mol. The van der Waals surface area contributed by atoms with Gasteiger partial charge in [0.15, 0.2) is 0 Å². The number of likely N-dealkylation sites (tertiary alicyclic amines) is 1. The Morgan fingerprint density at radius 2 is 1.52 bits per heavy atom. The molecule has 2 atom stereocenters. The van der Waals surface area contributed by atoms with Gasteiger partial charge in [0.05, 0.1) is 20.1 Å². The first-order chi connectivity index (χ1) is 16.0. The fourth-order valence-corrected chi connectivity index (χ4v) is 4.70. The molecule has 1 unspecified atom stereocenters. The van der Waals surface area contributed by atoms with Gasteiger partial charge in [-0.25, -0.2) is 0 Å². The summed E-state index contributed by atoms with van der Waals surface area (Å²) in [7, 11) is 2.21. The molecule has 0 bridgehead atoms. The molecule has 1 saturated heterocycles. The molecule has 4 heteroatoms. The number of hydrogen-bond donors (Lipinski definition) is 0. The van der Waals surface area contributed by atoms with Gasteiger partial charge >= 0.3 is 5.97 Å². The molecule has 1 aliphatic heterocycles. The Balaban J connectivity index is 1.47. The van der Waals surface area contributed by atoms with E-state index >= 15 is 0 Å². The molecule has 1 aliphatic rings. The van der Waals surface area contributed by atoms with E-state index in [1.54, 1.807) is 48.5 Å². The summed E-state index contributed by atoms with van der Waals surface area (Å²) >= 11 is 0. The summed E-state index contributed by atoms with van der Waals surface area (Å²) < 4.78 is 6.57. The summed E-state index contributed by atoms with van der Waals surface area (Å²) in [5, 5.41) is 14.0. The highest BCUT2D eigenvalue weighted by Crippen LogP contribution is 2.30. The lowest BCUT2D eigenvalue weighted by molar-refractivity contribution is -0.915. The fraction of sp³-hybridized carbons (Fsp3) is 0.276. The van der Waals surface area contributed by atoms with E-state index in [1.807, 2.05) is 30.3 Å². The zero-order chi connectivity index (χ0) is 23.2. The van der Waals surface area contributed by atoms with Crippen molar-refractivity contribution in [1.82, 2.24) is 0 Å². The van der Waals surface area contributed by atoms with E-state index in [0.717, 1.165) is 30.4 Å². The fourth-order valence-electron chi connectivity index (χ4n) is 4.70. The van der Waals surface area contributed by atoms with E-state index < -0.39 is 11.6 Å². The molecule has 33 heavy (non-hydrogen) atoms. The largest absolute Gasteiger partial charge is 0.834 e. The van der Waals surface area contributed by atoms with Crippen LogP contribution in [0.5, 0.6) is 0 Å². The maximum absolute atomic E-state index is 14.0. The number of esters is 1. The van der Waals surface area contributed by atoms with Crippen LogP contribution in [0.3, 0.4) is 0 Å². The van der Waals surface area contributed by atoms with Gasteiger partial charge in [0.25, 0.3) is 0 Å². The van der Waals surface area contributed by atoms with Crippen LogP contribution >= 0.6 is 0 Å². The Bertz CT molecular complexity index is 1030. The second-order valence-electron chi connectivity index (χ2n) is 9.01. The summed E-state index contributed by atoms with van der Waals surface area (Å²) in [6.45, 7) is 2.14. The third kappa shape index (κ3) is 5.08. The van der Waals surface area contributed by atoms with E-state index in [1.165, 1.54) is 5.56 Å². The molecule has 0 aliphatic carbocycles. The lowest BCUT2D eigenvalue weighted by atomic mass is 9.86. The van der Waals surface area contributed by atoms with Crippen LogP contribution in [0.4, 0.5) is 0 Å². The van der Waals surface area contributed by atoms with Gasteiger partial charge < -0.3 is 14.3 Å². The van der Waals surface area contributed by atoms with Crippen molar-refractivity contribution in [2.45, 2.75) is 24.5 Å². The van der Waals surface area contributed by atoms with E-state index in [2.05, 4.69) is 31.3 Å². The number of carbonyl (C=O) groups excluding carboxylic acids is 1. The van der Waals surface area contributed by atoms with Crippen LogP contribution in [0.25, 0.3) is 6.08 Å². The van der Waals surface area contributed by atoms with Gasteiger partial charge in [-0.15, -0.1) is 0 Å². The quantitative estimate of drug-likeness (QED) is 0.390. The lowest BCUT2D eigenvalue weighted by Gasteiger charge is -2.40. The molecule has 0 saturated carbocycles. The highest BCUT2D eigenvalue weighted by atomic mass is 16.6. The standard InChI is InChI=1S/C29H31NO3/c1-30(21-11-15-24-13-5-2-6-14-24)22-12-20-27(30)23-33-28(31)29(32,25-16-7-3-8-17-25)26-18-9-4-10-19-26/h2-11,13-19,27H,12,20-23H2,1H3/b15-11+/t27-,30?/m1/s1. The number of hydrogen-bond acceptors (Lipinski definition) is 3. The van der Waals surface area contributed by atoms with Gasteiger partial charge in [0.1, 0.15) is 12.6 Å². The van der Waals surface area contributed by atoms with Gasteiger partial charge in [-0.1, -0.05) is 97.1 Å². The summed E-state index contributed by atoms with van der Waals surface area (Å²) in [5.41, 5.74) is -0.114. The highest BCUT2D eigenvalue weighted by molar-refractivity contribution is 5.85. The molecule has 1 heterocycles. The van der Waals surface area contributed by atoms with Crippen LogP contribution in [0.2, 0.25) is 0 Å². The monoisotopic (exact) mass is 441 g/mol. The lowest BCUT2D eigenvalue weighted by Crippen LogP contribution is -2.53. The summed E-state index contributed by atoms with van der Waals surface area (Å²) in [5.74, 6) is -0.738. The van der Waals surface area contributed by atoms with Gasteiger partial charge in [0.2, 0.25) is 0 Å². The molecular weight excluding hydrogens is 410 g/mol. The maximum atomic E-state index is 14.0. The molecule has 0 radical (unpaired) electrons. The summed E-state index contributed by atoms with van der Waals surface area (Å²) in [6.07, 6.45) is 6.39. The SMILES string of the molecule is C[N+]1(C/C=C/c2ccccc2)CCC[C@@H]1COC(=O)C([O-])(c1ccccc1)c1ccccc1. The maximum Gasteiger partial charge on any atom is 0.304 e. The molecule has 3 aromatic rings. The summed E-state index contributed by atoms with van der Waals surface area (Å²) in [6, 6.07) is 28.0. The van der Waals surface area contributed by atoms with Gasteiger partial charge in [-0.05, 0) is 22.8 Å². The van der Waals surface area contributed by atoms with Crippen molar-refractivity contribution in [1.29, 1.82) is 0 Å². The molecule has 0 spiro atoms. The van der Waals surface area contributed by atoms with Crippen LogP contribution in [0.15, 0.2) is 97.1 Å². The van der Waals surface area contributed by atoms with E-state index in [4.69, 9.17) is 4.74 Å². The number of nitrogens with zero attached hydrogens (tertiary/aromatic N) is 1. The minimum atomic E-state index is -2.09. The zero-order valence-corrected chi connectivity index (χ0v) is 19.1. The molecule has 0 N–H and O–H groups in total. The normalized spacial score (nSPS) is 20.7. The predicted molar refractivity (Wildman–Crippen MR) is 129 cm³/mol. The number of ether oxygens (including phenoxy) is 1. The molecule has 4 rings (SSSR count). The van der Waals surface area contributed by atoms with Crippen LogP contribution in [0.1, 0.15) is 29.5 Å².